The number of halogens is 3. The first kappa shape index (κ1) is 7.85. The topological polar surface area (TPSA) is 12.0 Å². The molecule has 4 heteroatoms. The highest BCUT2D eigenvalue weighted by Gasteiger charge is 2.44. The summed E-state index contributed by atoms with van der Waals surface area (Å²) in [5, 5.41) is 2.71. The number of hydrogen-bond donors (Lipinski definition) is 1. The molecule has 1 fully saturated rings. The van der Waals surface area contributed by atoms with Gasteiger partial charge in [-0.05, 0) is 12.5 Å². The summed E-state index contributed by atoms with van der Waals surface area (Å²) in [5.41, 5.74) is 0. The van der Waals surface area contributed by atoms with Crippen LogP contribution in [0.25, 0.3) is 0 Å². The van der Waals surface area contributed by atoms with Gasteiger partial charge in [-0.2, -0.15) is 13.2 Å². The number of alkyl halides is 3. The summed E-state index contributed by atoms with van der Waals surface area (Å²) < 4.78 is 35.9. The highest BCUT2D eigenvalue weighted by molar-refractivity contribution is 4.82. The SMILES string of the molecule is CC1CNCC1C(F)(F)F. The predicted octanol–water partition coefficient (Wildman–Crippen LogP) is 1.40. The standard InChI is InChI=1S/C6H10F3N/c1-4-2-10-3-5(4)6(7,8)9/h4-5,10H,2-3H2,1H3. The van der Waals surface area contributed by atoms with Crippen LogP contribution < -0.4 is 5.32 Å². The Hall–Kier alpha value is -0.250. The van der Waals surface area contributed by atoms with Crippen molar-refractivity contribution in [2.75, 3.05) is 13.1 Å². The predicted molar refractivity (Wildman–Crippen MR) is 31.6 cm³/mol. The maximum Gasteiger partial charge on any atom is 0.393 e. The minimum absolute atomic E-state index is 0.0880. The van der Waals surface area contributed by atoms with Gasteiger partial charge >= 0.3 is 6.18 Å². The second-order valence-corrected chi connectivity index (χ2v) is 2.78. The zero-order valence-electron chi connectivity index (χ0n) is 5.70. The van der Waals surface area contributed by atoms with Crippen LogP contribution >= 0.6 is 0 Å². The first-order valence-electron chi connectivity index (χ1n) is 3.29. The molecule has 1 aliphatic heterocycles. The molecule has 0 radical (unpaired) electrons. The van der Waals surface area contributed by atoms with E-state index < -0.39 is 12.1 Å². The molecule has 0 amide bonds. The molecular weight excluding hydrogens is 143 g/mol. The van der Waals surface area contributed by atoms with Gasteiger partial charge in [0.05, 0.1) is 5.92 Å². The molecule has 2 atom stereocenters. The molecule has 1 rings (SSSR count). The fourth-order valence-corrected chi connectivity index (χ4v) is 1.25. The maximum absolute atomic E-state index is 12.0. The van der Waals surface area contributed by atoms with Crippen LogP contribution in [0, 0.1) is 11.8 Å². The van der Waals surface area contributed by atoms with Crippen LogP contribution in [0.5, 0.6) is 0 Å². The van der Waals surface area contributed by atoms with Crippen LogP contribution in [0.15, 0.2) is 0 Å². The third kappa shape index (κ3) is 1.42. The molecule has 1 nitrogen and oxygen atoms in total. The second-order valence-electron chi connectivity index (χ2n) is 2.78. The molecule has 0 aromatic rings. The summed E-state index contributed by atoms with van der Waals surface area (Å²) in [6, 6.07) is 0. The van der Waals surface area contributed by atoms with Gasteiger partial charge in [-0.25, -0.2) is 0 Å². The third-order valence-electron chi connectivity index (χ3n) is 1.94. The Morgan fingerprint density at radius 2 is 1.90 bits per heavy atom. The van der Waals surface area contributed by atoms with Crippen molar-refractivity contribution in [3.63, 3.8) is 0 Å². The normalized spacial score (nSPS) is 34.8. The lowest BCUT2D eigenvalue weighted by Gasteiger charge is -2.17. The van der Waals surface area contributed by atoms with Crippen LogP contribution in [0.4, 0.5) is 13.2 Å². The monoisotopic (exact) mass is 153 g/mol. The molecule has 60 valence electrons. The average Bonchev–Trinajstić information content (AvgIpc) is 2.11. The van der Waals surface area contributed by atoms with Crippen molar-refractivity contribution in [2.45, 2.75) is 13.1 Å². The molecule has 1 aliphatic rings. The molecule has 0 aliphatic carbocycles. The molecule has 1 N–H and O–H groups in total. The lowest BCUT2D eigenvalue weighted by atomic mass is 9.98. The van der Waals surface area contributed by atoms with Gasteiger partial charge in [0.15, 0.2) is 0 Å². The lowest BCUT2D eigenvalue weighted by Crippen LogP contribution is -2.28. The Labute approximate surface area is 57.6 Å². The summed E-state index contributed by atoms with van der Waals surface area (Å²) in [4.78, 5) is 0. The van der Waals surface area contributed by atoms with Gasteiger partial charge in [0.2, 0.25) is 0 Å². The van der Waals surface area contributed by atoms with Crippen molar-refractivity contribution in [2.24, 2.45) is 11.8 Å². The van der Waals surface area contributed by atoms with Crippen LogP contribution in [0.3, 0.4) is 0 Å². The van der Waals surface area contributed by atoms with E-state index in [0.717, 1.165) is 0 Å². The third-order valence-corrected chi connectivity index (χ3v) is 1.94. The molecule has 0 aromatic heterocycles. The fourth-order valence-electron chi connectivity index (χ4n) is 1.25. The minimum Gasteiger partial charge on any atom is -0.316 e. The quantitative estimate of drug-likeness (QED) is 0.554. The van der Waals surface area contributed by atoms with Crippen LogP contribution in [0.2, 0.25) is 0 Å². The van der Waals surface area contributed by atoms with Gasteiger partial charge < -0.3 is 5.32 Å². The first-order chi connectivity index (χ1) is 4.52. The van der Waals surface area contributed by atoms with Crippen LogP contribution in [-0.4, -0.2) is 19.3 Å². The van der Waals surface area contributed by atoms with Crippen LogP contribution in [-0.2, 0) is 0 Å². The number of nitrogens with one attached hydrogen (secondary N) is 1. The van der Waals surface area contributed by atoms with Gasteiger partial charge in [0.25, 0.3) is 0 Å². The van der Waals surface area contributed by atoms with Gasteiger partial charge in [-0.1, -0.05) is 6.92 Å². The molecule has 10 heavy (non-hydrogen) atoms. The zero-order chi connectivity index (χ0) is 7.78. The van der Waals surface area contributed by atoms with E-state index in [-0.39, 0.29) is 12.5 Å². The minimum atomic E-state index is -4.01. The van der Waals surface area contributed by atoms with Crippen molar-refractivity contribution >= 4 is 0 Å². The van der Waals surface area contributed by atoms with Crippen molar-refractivity contribution < 1.29 is 13.2 Å². The average molecular weight is 153 g/mol. The molecule has 1 heterocycles. The van der Waals surface area contributed by atoms with Crippen molar-refractivity contribution in [3.8, 4) is 0 Å². The van der Waals surface area contributed by atoms with E-state index >= 15 is 0 Å². The summed E-state index contributed by atoms with van der Waals surface area (Å²) in [5.74, 6) is -1.40. The fraction of sp³-hybridized carbons (Fsp3) is 1.00. The van der Waals surface area contributed by atoms with E-state index in [9.17, 15) is 13.2 Å². The molecular formula is C6H10F3N. The van der Waals surface area contributed by atoms with Gasteiger partial charge in [-0.15, -0.1) is 0 Å². The summed E-state index contributed by atoms with van der Waals surface area (Å²) in [6.07, 6.45) is -4.01. The Balaban J connectivity index is 2.55. The van der Waals surface area contributed by atoms with Gasteiger partial charge in [-0.3, -0.25) is 0 Å². The largest absolute Gasteiger partial charge is 0.393 e. The van der Waals surface area contributed by atoms with Crippen molar-refractivity contribution in [1.29, 1.82) is 0 Å². The zero-order valence-corrected chi connectivity index (χ0v) is 5.70. The molecule has 0 saturated carbocycles. The molecule has 0 spiro atoms. The number of hydrogen-bond acceptors (Lipinski definition) is 1. The lowest BCUT2D eigenvalue weighted by molar-refractivity contribution is -0.177. The van der Waals surface area contributed by atoms with Gasteiger partial charge in [0, 0.05) is 6.54 Å². The summed E-state index contributed by atoms with van der Waals surface area (Å²) in [6.45, 7) is 2.20. The Kier molecular flexibility index (Phi) is 1.90. The first-order valence-corrected chi connectivity index (χ1v) is 3.29. The van der Waals surface area contributed by atoms with E-state index in [1.807, 2.05) is 0 Å². The molecule has 0 aromatic carbocycles. The van der Waals surface area contributed by atoms with E-state index in [1.165, 1.54) is 0 Å². The summed E-state index contributed by atoms with van der Waals surface area (Å²) >= 11 is 0. The Morgan fingerprint density at radius 3 is 2.10 bits per heavy atom. The Bertz CT molecular complexity index is 121. The maximum atomic E-state index is 12.0. The van der Waals surface area contributed by atoms with E-state index in [2.05, 4.69) is 5.32 Å². The van der Waals surface area contributed by atoms with Crippen molar-refractivity contribution in [3.05, 3.63) is 0 Å². The van der Waals surface area contributed by atoms with Crippen LogP contribution in [0.1, 0.15) is 6.92 Å². The highest BCUT2D eigenvalue weighted by atomic mass is 19.4. The van der Waals surface area contributed by atoms with Gasteiger partial charge in [0.1, 0.15) is 0 Å². The smallest absolute Gasteiger partial charge is 0.316 e. The second kappa shape index (κ2) is 2.42. The Morgan fingerprint density at radius 1 is 1.30 bits per heavy atom. The highest BCUT2D eigenvalue weighted by Crippen LogP contribution is 2.33. The van der Waals surface area contributed by atoms with E-state index in [0.29, 0.717) is 6.54 Å². The van der Waals surface area contributed by atoms with Crippen molar-refractivity contribution in [1.82, 2.24) is 5.32 Å². The molecule has 0 bridgehead atoms. The molecule has 2 unspecified atom stereocenters. The molecule has 1 saturated heterocycles. The summed E-state index contributed by atoms with van der Waals surface area (Å²) in [7, 11) is 0. The number of rotatable bonds is 0. The van der Waals surface area contributed by atoms with E-state index in [1.54, 1.807) is 6.92 Å². The van der Waals surface area contributed by atoms with E-state index in [4.69, 9.17) is 0 Å².